The number of nitrogens with zero attached hydrogens (tertiary/aromatic N) is 4. The molecule has 12 heteroatoms. The SMILES string of the molecule is COc1ccc(S(=O)(=O)N(CCn2cncn2)c2ccc(CI)cc2Cc2c(F)cccc2F)cc1OC. The van der Waals surface area contributed by atoms with Gasteiger partial charge in [0.25, 0.3) is 10.0 Å². The predicted octanol–water partition coefficient (Wildman–Crippen LogP) is 4.99. The number of aromatic nitrogens is 3. The van der Waals surface area contributed by atoms with Crippen molar-refractivity contribution in [2.75, 3.05) is 25.1 Å². The third-order valence-corrected chi connectivity index (χ3v) is 8.63. The van der Waals surface area contributed by atoms with E-state index in [1.165, 1.54) is 72.3 Å². The second-order valence-corrected chi connectivity index (χ2v) is 10.9. The zero-order valence-electron chi connectivity index (χ0n) is 20.6. The fourth-order valence-corrected chi connectivity index (χ4v) is 6.00. The average Bonchev–Trinajstić information content (AvgIpc) is 3.44. The van der Waals surface area contributed by atoms with Gasteiger partial charge in [0.05, 0.1) is 37.9 Å². The maximum atomic E-state index is 14.6. The Morgan fingerprint density at radius 2 is 1.74 bits per heavy atom. The van der Waals surface area contributed by atoms with E-state index < -0.39 is 21.7 Å². The molecule has 4 aromatic rings. The number of methoxy groups -OCH3 is 2. The summed E-state index contributed by atoms with van der Waals surface area (Å²) in [6.45, 7) is 0.171. The highest BCUT2D eigenvalue weighted by molar-refractivity contribution is 14.1. The van der Waals surface area contributed by atoms with E-state index in [2.05, 4.69) is 32.7 Å². The van der Waals surface area contributed by atoms with Gasteiger partial charge >= 0.3 is 0 Å². The van der Waals surface area contributed by atoms with Gasteiger partial charge in [0.15, 0.2) is 11.5 Å². The Labute approximate surface area is 233 Å². The van der Waals surface area contributed by atoms with Crippen LogP contribution in [0.5, 0.6) is 11.5 Å². The van der Waals surface area contributed by atoms with Crippen LogP contribution in [0.4, 0.5) is 14.5 Å². The van der Waals surface area contributed by atoms with E-state index >= 15 is 0 Å². The topological polar surface area (TPSA) is 86.6 Å². The van der Waals surface area contributed by atoms with E-state index in [0.717, 1.165) is 5.56 Å². The summed E-state index contributed by atoms with van der Waals surface area (Å²) in [5.74, 6) is -0.776. The van der Waals surface area contributed by atoms with Gasteiger partial charge < -0.3 is 9.47 Å². The third kappa shape index (κ3) is 5.90. The molecule has 0 aliphatic rings. The average molecular weight is 654 g/mol. The molecule has 1 aromatic heterocycles. The Morgan fingerprint density at radius 3 is 2.37 bits per heavy atom. The lowest BCUT2D eigenvalue weighted by atomic mass is 10.00. The molecule has 0 radical (unpaired) electrons. The first-order valence-electron chi connectivity index (χ1n) is 11.5. The van der Waals surface area contributed by atoms with Crippen molar-refractivity contribution in [1.82, 2.24) is 14.8 Å². The molecule has 0 saturated heterocycles. The van der Waals surface area contributed by atoms with Gasteiger partial charge in [-0.25, -0.2) is 22.2 Å². The summed E-state index contributed by atoms with van der Waals surface area (Å²) in [6, 6.07) is 13.2. The summed E-state index contributed by atoms with van der Waals surface area (Å²) in [5, 5.41) is 4.07. The van der Waals surface area contributed by atoms with Crippen molar-refractivity contribution in [3.8, 4) is 11.5 Å². The Kier molecular flexibility index (Phi) is 8.82. The van der Waals surface area contributed by atoms with Crippen molar-refractivity contribution in [2.45, 2.75) is 22.3 Å². The lowest BCUT2D eigenvalue weighted by Crippen LogP contribution is -2.35. The first-order chi connectivity index (χ1) is 18.3. The van der Waals surface area contributed by atoms with Gasteiger partial charge in [-0.1, -0.05) is 40.8 Å². The molecule has 8 nitrogen and oxygen atoms in total. The Morgan fingerprint density at radius 1 is 1.00 bits per heavy atom. The van der Waals surface area contributed by atoms with Gasteiger partial charge in [-0.2, -0.15) is 5.10 Å². The van der Waals surface area contributed by atoms with Crippen LogP contribution in [0.25, 0.3) is 0 Å². The molecule has 0 fully saturated rings. The molecule has 200 valence electrons. The van der Waals surface area contributed by atoms with Crippen LogP contribution in [0, 0.1) is 11.6 Å². The zero-order chi connectivity index (χ0) is 27.3. The molecule has 38 heavy (non-hydrogen) atoms. The van der Waals surface area contributed by atoms with Gasteiger partial charge in [-0.05, 0) is 41.5 Å². The summed E-state index contributed by atoms with van der Waals surface area (Å²) in [5.41, 5.74) is 1.52. The number of benzene rings is 3. The molecule has 0 aliphatic heterocycles. The number of alkyl halides is 1. The standard InChI is InChI=1S/C26H25F2IN4O4S/c1-36-25-9-7-20(14-26(25)37-2)38(34,35)33(11-10-32-17-30-16-31-32)24-8-6-18(15-29)12-19(24)13-21-22(27)4-3-5-23(21)28/h3-9,12,14,16-17H,10-11,13,15H2,1-2H3. The second-order valence-electron chi connectivity index (χ2n) is 8.23. The number of anilines is 1. The van der Waals surface area contributed by atoms with E-state index in [1.807, 2.05) is 0 Å². The molecule has 0 unspecified atom stereocenters. The number of hydrogen-bond acceptors (Lipinski definition) is 6. The molecular formula is C26H25F2IN4O4S. The highest BCUT2D eigenvalue weighted by atomic mass is 127. The first-order valence-corrected chi connectivity index (χ1v) is 14.4. The number of sulfonamides is 1. The van der Waals surface area contributed by atoms with Crippen LogP contribution >= 0.6 is 22.6 Å². The number of halogens is 3. The van der Waals surface area contributed by atoms with Crippen molar-refractivity contribution in [2.24, 2.45) is 0 Å². The molecule has 0 amide bonds. The first kappa shape index (κ1) is 27.8. The van der Waals surface area contributed by atoms with Crippen molar-refractivity contribution in [3.05, 3.63) is 95.6 Å². The summed E-state index contributed by atoms with van der Waals surface area (Å²) < 4.78 is 71.4. The summed E-state index contributed by atoms with van der Waals surface area (Å²) in [6.07, 6.45) is 2.70. The van der Waals surface area contributed by atoms with Gasteiger partial charge in [-0.3, -0.25) is 8.99 Å². The molecule has 0 aliphatic carbocycles. The molecule has 0 saturated carbocycles. The van der Waals surface area contributed by atoms with Crippen molar-refractivity contribution in [3.63, 3.8) is 0 Å². The fraction of sp³-hybridized carbons (Fsp3) is 0.231. The maximum Gasteiger partial charge on any atom is 0.264 e. The normalized spacial score (nSPS) is 11.4. The van der Waals surface area contributed by atoms with E-state index in [0.29, 0.717) is 21.4 Å². The largest absolute Gasteiger partial charge is 0.493 e. The maximum absolute atomic E-state index is 14.6. The molecule has 0 N–H and O–H groups in total. The molecule has 4 rings (SSSR count). The Bertz CT molecular complexity index is 1500. The third-order valence-electron chi connectivity index (χ3n) is 5.94. The molecule has 0 bridgehead atoms. The monoisotopic (exact) mass is 654 g/mol. The molecule has 0 spiro atoms. The Balaban J connectivity index is 1.86. The van der Waals surface area contributed by atoms with Crippen LogP contribution in [0.15, 0.2) is 72.1 Å². The van der Waals surface area contributed by atoms with Gasteiger partial charge in [0.1, 0.15) is 24.3 Å². The van der Waals surface area contributed by atoms with Crippen LogP contribution in [0.1, 0.15) is 16.7 Å². The quantitative estimate of drug-likeness (QED) is 0.167. The highest BCUT2D eigenvalue weighted by Gasteiger charge is 2.29. The fourth-order valence-electron chi connectivity index (χ4n) is 4.01. The molecule has 0 atom stereocenters. The van der Waals surface area contributed by atoms with E-state index in [4.69, 9.17) is 9.47 Å². The molecular weight excluding hydrogens is 629 g/mol. The minimum absolute atomic E-state index is 0.0175. The lowest BCUT2D eigenvalue weighted by molar-refractivity contribution is 0.354. The minimum atomic E-state index is -4.17. The van der Waals surface area contributed by atoms with Crippen LogP contribution in [0.2, 0.25) is 0 Å². The molecule has 3 aromatic carbocycles. The Hall–Kier alpha value is -3.26. The predicted molar refractivity (Wildman–Crippen MR) is 147 cm³/mol. The van der Waals surface area contributed by atoms with Gasteiger partial charge in [0.2, 0.25) is 0 Å². The molecule has 1 heterocycles. The van der Waals surface area contributed by atoms with E-state index in [9.17, 15) is 17.2 Å². The smallest absolute Gasteiger partial charge is 0.264 e. The summed E-state index contributed by atoms with van der Waals surface area (Å²) in [7, 11) is -1.30. The van der Waals surface area contributed by atoms with E-state index in [1.54, 1.807) is 18.2 Å². The van der Waals surface area contributed by atoms with Crippen molar-refractivity contribution < 1.29 is 26.7 Å². The number of rotatable bonds is 11. The van der Waals surface area contributed by atoms with E-state index in [-0.39, 0.29) is 35.7 Å². The van der Waals surface area contributed by atoms with Gasteiger partial charge in [-0.15, -0.1) is 0 Å². The number of ether oxygens (including phenoxy) is 2. The highest BCUT2D eigenvalue weighted by Crippen LogP contribution is 2.35. The number of hydrogen-bond donors (Lipinski definition) is 0. The lowest BCUT2D eigenvalue weighted by Gasteiger charge is -2.27. The summed E-state index contributed by atoms with van der Waals surface area (Å²) >= 11 is 2.18. The van der Waals surface area contributed by atoms with Gasteiger partial charge in [0, 0.05) is 22.5 Å². The van der Waals surface area contributed by atoms with Crippen LogP contribution in [-0.2, 0) is 27.4 Å². The van der Waals surface area contributed by atoms with Crippen LogP contribution < -0.4 is 13.8 Å². The minimum Gasteiger partial charge on any atom is -0.493 e. The zero-order valence-corrected chi connectivity index (χ0v) is 23.6. The second kappa shape index (κ2) is 12.1. The van der Waals surface area contributed by atoms with Crippen LogP contribution in [-0.4, -0.2) is 43.9 Å². The van der Waals surface area contributed by atoms with Crippen LogP contribution in [0.3, 0.4) is 0 Å². The van der Waals surface area contributed by atoms with Crippen molar-refractivity contribution in [1.29, 1.82) is 0 Å². The van der Waals surface area contributed by atoms with Crippen molar-refractivity contribution >= 4 is 38.3 Å². The summed E-state index contributed by atoms with van der Waals surface area (Å²) in [4.78, 5) is 3.89.